The molecule has 1 saturated carbocycles. The number of nitrogens with one attached hydrogen (secondary N) is 1. The van der Waals surface area contributed by atoms with Crippen molar-refractivity contribution >= 4 is 11.3 Å². The van der Waals surface area contributed by atoms with Crippen molar-refractivity contribution in [1.29, 1.82) is 0 Å². The largest absolute Gasteiger partial charge is 0.389 e. The topological polar surface area (TPSA) is 54.4 Å². The molecule has 1 aromatic rings. The molecular formula is C13H22N2O2S. The van der Waals surface area contributed by atoms with Crippen molar-refractivity contribution < 1.29 is 9.84 Å². The Hall–Kier alpha value is -0.490. The number of ether oxygens (including phenoxy) is 1. The Balaban J connectivity index is 1.57. The van der Waals surface area contributed by atoms with Gasteiger partial charge in [0.05, 0.1) is 23.4 Å². The Bertz CT molecular complexity index is 377. The van der Waals surface area contributed by atoms with Gasteiger partial charge in [-0.2, -0.15) is 0 Å². The highest BCUT2D eigenvalue weighted by atomic mass is 32.1. The first-order valence-corrected chi connectivity index (χ1v) is 7.36. The molecule has 1 aliphatic rings. The van der Waals surface area contributed by atoms with E-state index in [9.17, 15) is 5.11 Å². The summed E-state index contributed by atoms with van der Waals surface area (Å²) in [5.41, 5.74) is 1.09. The molecule has 1 aliphatic carbocycles. The zero-order valence-corrected chi connectivity index (χ0v) is 11.9. The standard InChI is InChI=1S/C13H22N2O2S/c1-9-13(18-10(2)15-9)6-14-5-12(16)8-17-7-11-3-4-11/h11-12,14,16H,3-8H2,1-2H3. The molecule has 0 radical (unpaired) electrons. The Morgan fingerprint density at radius 2 is 2.28 bits per heavy atom. The fraction of sp³-hybridized carbons (Fsp3) is 0.769. The number of aliphatic hydroxyl groups is 1. The van der Waals surface area contributed by atoms with Crippen LogP contribution >= 0.6 is 11.3 Å². The monoisotopic (exact) mass is 270 g/mol. The van der Waals surface area contributed by atoms with Gasteiger partial charge in [-0.15, -0.1) is 11.3 Å². The van der Waals surface area contributed by atoms with Crippen molar-refractivity contribution in [3.05, 3.63) is 15.6 Å². The van der Waals surface area contributed by atoms with Crippen molar-refractivity contribution in [2.24, 2.45) is 5.92 Å². The van der Waals surface area contributed by atoms with E-state index in [1.807, 2.05) is 13.8 Å². The lowest BCUT2D eigenvalue weighted by Crippen LogP contribution is -2.30. The van der Waals surface area contributed by atoms with Crippen molar-refractivity contribution in [2.45, 2.75) is 39.3 Å². The molecule has 102 valence electrons. The second kappa shape index (κ2) is 6.61. The third-order valence-corrected chi connectivity index (χ3v) is 4.10. The Morgan fingerprint density at radius 3 is 2.89 bits per heavy atom. The first-order valence-electron chi connectivity index (χ1n) is 6.54. The number of rotatable bonds is 8. The molecule has 0 spiro atoms. The lowest BCUT2D eigenvalue weighted by atomic mass is 10.3. The van der Waals surface area contributed by atoms with Crippen LogP contribution in [0.3, 0.4) is 0 Å². The maximum absolute atomic E-state index is 9.74. The minimum absolute atomic E-state index is 0.418. The summed E-state index contributed by atoms with van der Waals surface area (Å²) in [4.78, 5) is 5.62. The Morgan fingerprint density at radius 1 is 1.50 bits per heavy atom. The van der Waals surface area contributed by atoms with Crippen molar-refractivity contribution in [3.63, 3.8) is 0 Å². The van der Waals surface area contributed by atoms with Crippen LogP contribution in [0.4, 0.5) is 0 Å². The average molecular weight is 270 g/mol. The van der Waals surface area contributed by atoms with E-state index < -0.39 is 6.10 Å². The van der Waals surface area contributed by atoms with Crippen LogP contribution in [0, 0.1) is 19.8 Å². The molecule has 1 atom stereocenters. The van der Waals surface area contributed by atoms with Crippen LogP contribution < -0.4 is 5.32 Å². The quantitative estimate of drug-likeness (QED) is 0.754. The minimum Gasteiger partial charge on any atom is -0.389 e. The molecule has 1 heterocycles. The van der Waals surface area contributed by atoms with Crippen LogP contribution in [0.1, 0.15) is 28.4 Å². The molecule has 1 fully saturated rings. The van der Waals surface area contributed by atoms with Gasteiger partial charge < -0.3 is 15.2 Å². The van der Waals surface area contributed by atoms with Crippen molar-refractivity contribution in [3.8, 4) is 0 Å². The first kappa shape index (κ1) is 13.9. The summed E-state index contributed by atoms with van der Waals surface area (Å²) < 4.78 is 5.45. The highest BCUT2D eigenvalue weighted by Crippen LogP contribution is 2.28. The van der Waals surface area contributed by atoms with Gasteiger partial charge >= 0.3 is 0 Å². The molecule has 4 nitrogen and oxygen atoms in total. The normalized spacial score (nSPS) is 17.1. The fourth-order valence-electron chi connectivity index (χ4n) is 1.80. The predicted octanol–water partition coefficient (Wildman–Crippen LogP) is 1.64. The predicted molar refractivity (Wildman–Crippen MR) is 72.8 cm³/mol. The van der Waals surface area contributed by atoms with Gasteiger partial charge in [-0.05, 0) is 32.6 Å². The zero-order valence-electron chi connectivity index (χ0n) is 11.1. The fourth-order valence-corrected chi connectivity index (χ4v) is 2.71. The molecule has 0 saturated heterocycles. The maximum atomic E-state index is 9.74. The van der Waals surface area contributed by atoms with Crippen LogP contribution in [0.15, 0.2) is 0 Å². The van der Waals surface area contributed by atoms with Gasteiger partial charge in [-0.25, -0.2) is 4.98 Å². The summed E-state index contributed by atoms with van der Waals surface area (Å²) >= 11 is 1.71. The summed E-state index contributed by atoms with van der Waals surface area (Å²) in [5.74, 6) is 0.757. The number of thiazole rings is 1. The van der Waals surface area contributed by atoms with Gasteiger partial charge in [-0.1, -0.05) is 0 Å². The second-order valence-electron chi connectivity index (χ2n) is 5.01. The lowest BCUT2D eigenvalue weighted by molar-refractivity contribution is 0.0324. The third-order valence-electron chi connectivity index (χ3n) is 3.03. The van der Waals surface area contributed by atoms with Gasteiger partial charge in [-0.3, -0.25) is 0 Å². The number of aryl methyl sites for hydroxylation is 2. The van der Waals surface area contributed by atoms with Crippen LogP contribution in [0.25, 0.3) is 0 Å². The molecule has 0 aromatic carbocycles. The van der Waals surface area contributed by atoms with Gasteiger partial charge in [0.15, 0.2) is 0 Å². The van der Waals surface area contributed by atoms with E-state index >= 15 is 0 Å². The highest BCUT2D eigenvalue weighted by molar-refractivity contribution is 7.11. The molecule has 1 aromatic heterocycles. The summed E-state index contributed by atoms with van der Waals surface area (Å²) in [6.45, 7) is 6.63. The van der Waals surface area contributed by atoms with Gasteiger partial charge in [0, 0.05) is 24.6 Å². The number of aromatic nitrogens is 1. The lowest BCUT2D eigenvalue weighted by Gasteiger charge is -2.11. The summed E-state index contributed by atoms with van der Waals surface area (Å²) in [6.07, 6.45) is 2.16. The zero-order chi connectivity index (χ0) is 13.0. The summed E-state index contributed by atoms with van der Waals surface area (Å²) in [6, 6.07) is 0. The van der Waals surface area contributed by atoms with E-state index in [1.54, 1.807) is 11.3 Å². The third kappa shape index (κ3) is 4.65. The van der Waals surface area contributed by atoms with E-state index in [-0.39, 0.29) is 0 Å². The first-order chi connectivity index (χ1) is 8.65. The van der Waals surface area contributed by atoms with E-state index in [0.717, 1.165) is 29.8 Å². The number of aliphatic hydroxyl groups excluding tert-OH is 1. The van der Waals surface area contributed by atoms with Gasteiger partial charge in [0.1, 0.15) is 0 Å². The van der Waals surface area contributed by atoms with Crippen molar-refractivity contribution in [2.75, 3.05) is 19.8 Å². The maximum Gasteiger partial charge on any atom is 0.0900 e. The van der Waals surface area contributed by atoms with E-state index in [4.69, 9.17) is 4.74 Å². The number of nitrogens with zero attached hydrogens (tertiary/aromatic N) is 1. The summed E-state index contributed by atoms with van der Waals surface area (Å²) in [7, 11) is 0. The molecule has 2 N–H and O–H groups in total. The average Bonchev–Trinajstić information content (AvgIpc) is 3.06. The molecule has 1 unspecified atom stereocenters. The van der Waals surface area contributed by atoms with Crippen molar-refractivity contribution in [1.82, 2.24) is 10.3 Å². The number of hydrogen-bond acceptors (Lipinski definition) is 5. The second-order valence-corrected chi connectivity index (χ2v) is 6.29. The molecule has 0 bridgehead atoms. The minimum atomic E-state index is -0.418. The number of hydrogen-bond donors (Lipinski definition) is 2. The van der Waals surface area contributed by atoms with Gasteiger partial charge in [0.25, 0.3) is 0 Å². The molecule has 0 aliphatic heterocycles. The SMILES string of the molecule is Cc1nc(C)c(CNCC(O)COCC2CC2)s1. The van der Waals surface area contributed by atoms with E-state index in [1.165, 1.54) is 17.7 Å². The highest BCUT2D eigenvalue weighted by Gasteiger charge is 2.21. The summed E-state index contributed by atoms with van der Waals surface area (Å²) in [5, 5.41) is 14.1. The van der Waals surface area contributed by atoms with Crippen LogP contribution in [0.2, 0.25) is 0 Å². The molecular weight excluding hydrogens is 248 g/mol. The molecule has 5 heteroatoms. The van der Waals surface area contributed by atoms with Crippen LogP contribution in [-0.4, -0.2) is 36.0 Å². The smallest absolute Gasteiger partial charge is 0.0900 e. The Kier molecular flexibility index (Phi) is 5.12. The van der Waals surface area contributed by atoms with Gasteiger partial charge in [0.2, 0.25) is 0 Å². The van der Waals surface area contributed by atoms with Crippen LogP contribution in [0.5, 0.6) is 0 Å². The van der Waals surface area contributed by atoms with Crippen LogP contribution in [-0.2, 0) is 11.3 Å². The molecule has 18 heavy (non-hydrogen) atoms. The Labute approximate surface area is 112 Å². The molecule has 0 amide bonds. The van der Waals surface area contributed by atoms with E-state index in [2.05, 4.69) is 10.3 Å². The molecule has 2 rings (SSSR count). The van der Waals surface area contributed by atoms with E-state index in [0.29, 0.717) is 13.2 Å².